The number of benzene rings is 1. The first kappa shape index (κ1) is 22.4. The predicted octanol–water partition coefficient (Wildman–Crippen LogP) is 1.76. The predicted molar refractivity (Wildman–Crippen MR) is 115 cm³/mol. The Morgan fingerprint density at radius 3 is 2.61 bits per heavy atom. The highest BCUT2D eigenvalue weighted by Gasteiger charge is 2.24. The van der Waals surface area contributed by atoms with E-state index in [0.29, 0.717) is 31.2 Å². The zero-order valence-electron chi connectivity index (χ0n) is 16.4. The van der Waals surface area contributed by atoms with Crippen LogP contribution >= 0.6 is 11.3 Å². The van der Waals surface area contributed by atoms with Crippen LogP contribution in [0.3, 0.4) is 0 Å². The van der Waals surface area contributed by atoms with Crippen LogP contribution in [0.1, 0.15) is 29.9 Å². The zero-order valence-corrected chi connectivity index (χ0v) is 18.0. The molecule has 2 rings (SSSR count). The number of aliphatic hydroxyl groups is 1. The summed E-state index contributed by atoms with van der Waals surface area (Å²) in [6, 6.07) is 11.2. The molecule has 1 atom stereocenters. The van der Waals surface area contributed by atoms with Crippen molar-refractivity contribution in [3.63, 3.8) is 0 Å². The van der Waals surface area contributed by atoms with E-state index in [1.807, 2.05) is 42.6 Å². The van der Waals surface area contributed by atoms with Crippen LogP contribution < -0.4 is 15.4 Å². The highest BCUT2D eigenvalue weighted by atomic mass is 32.2. The molecule has 0 radical (unpaired) electrons. The van der Waals surface area contributed by atoms with Crippen molar-refractivity contribution in [2.24, 2.45) is 4.99 Å². The summed E-state index contributed by atoms with van der Waals surface area (Å²) in [5.41, 5.74) is 0.623. The maximum absolute atomic E-state index is 11.7. The van der Waals surface area contributed by atoms with Gasteiger partial charge < -0.3 is 15.7 Å². The number of hydrogen-bond acceptors (Lipinski definition) is 5. The van der Waals surface area contributed by atoms with E-state index < -0.39 is 15.6 Å². The van der Waals surface area contributed by atoms with Crippen LogP contribution in [0.2, 0.25) is 0 Å². The third-order valence-corrected chi connectivity index (χ3v) is 6.53. The highest BCUT2D eigenvalue weighted by Crippen LogP contribution is 2.24. The van der Waals surface area contributed by atoms with Gasteiger partial charge in [0.1, 0.15) is 5.60 Å². The summed E-state index contributed by atoms with van der Waals surface area (Å²) in [7, 11) is -1.91. The highest BCUT2D eigenvalue weighted by molar-refractivity contribution is 7.88. The van der Waals surface area contributed by atoms with Crippen molar-refractivity contribution >= 4 is 27.3 Å². The summed E-state index contributed by atoms with van der Waals surface area (Å²) in [6.07, 6.45) is 0. The number of nitrogens with one attached hydrogen (secondary N) is 3. The molecule has 9 heteroatoms. The van der Waals surface area contributed by atoms with Crippen LogP contribution in [0, 0.1) is 0 Å². The third-order valence-electron chi connectivity index (χ3n) is 4.08. The van der Waals surface area contributed by atoms with Gasteiger partial charge in [-0.1, -0.05) is 30.3 Å². The SMILES string of the molecule is CCNC(=NCc1cccc(CS(=O)(=O)NC)c1)NCC(C)(O)c1cccs1. The lowest BCUT2D eigenvalue weighted by atomic mass is 10.1. The molecule has 0 aliphatic carbocycles. The molecule has 0 amide bonds. The van der Waals surface area contributed by atoms with Gasteiger partial charge in [0.2, 0.25) is 10.0 Å². The molecule has 0 saturated carbocycles. The summed E-state index contributed by atoms with van der Waals surface area (Å²) in [6.45, 7) is 5.13. The van der Waals surface area contributed by atoms with Gasteiger partial charge in [0, 0.05) is 11.4 Å². The van der Waals surface area contributed by atoms with Crippen molar-refractivity contribution in [3.05, 3.63) is 57.8 Å². The smallest absolute Gasteiger partial charge is 0.215 e. The molecule has 28 heavy (non-hydrogen) atoms. The Morgan fingerprint density at radius 2 is 1.96 bits per heavy atom. The second-order valence-electron chi connectivity index (χ2n) is 6.58. The van der Waals surface area contributed by atoms with Crippen LogP contribution in [0.15, 0.2) is 46.8 Å². The first-order valence-corrected chi connectivity index (χ1v) is 11.6. The van der Waals surface area contributed by atoms with E-state index in [0.717, 1.165) is 10.4 Å². The largest absolute Gasteiger partial charge is 0.383 e. The molecular weight excluding hydrogens is 396 g/mol. The van der Waals surface area contributed by atoms with Crippen LogP contribution in [0.5, 0.6) is 0 Å². The zero-order chi connectivity index (χ0) is 20.6. The van der Waals surface area contributed by atoms with Gasteiger partial charge in [-0.2, -0.15) is 0 Å². The molecule has 4 N–H and O–H groups in total. The monoisotopic (exact) mass is 424 g/mol. The molecule has 0 aliphatic heterocycles. The molecule has 0 saturated heterocycles. The van der Waals surface area contributed by atoms with Gasteiger partial charge in [0.05, 0.1) is 18.8 Å². The quantitative estimate of drug-likeness (QED) is 0.363. The molecule has 0 spiro atoms. The Bertz CT molecular complexity index is 878. The van der Waals surface area contributed by atoms with Gasteiger partial charge in [-0.25, -0.2) is 18.1 Å². The van der Waals surface area contributed by atoms with Crippen LogP contribution in [0.25, 0.3) is 0 Å². The topological polar surface area (TPSA) is 103 Å². The minimum atomic E-state index is -3.31. The Balaban J connectivity index is 2.04. The summed E-state index contributed by atoms with van der Waals surface area (Å²) < 4.78 is 25.8. The van der Waals surface area contributed by atoms with Gasteiger partial charge in [-0.15, -0.1) is 11.3 Å². The molecule has 0 aliphatic rings. The summed E-state index contributed by atoms with van der Waals surface area (Å²) in [4.78, 5) is 5.43. The molecule has 0 fully saturated rings. The summed E-state index contributed by atoms with van der Waals surface area (Å²) in [5.74, 6) is 0.524. The molecule has 7 nitrogen and oxygen atoms in total. The number of nitrogens with zero attached hydrogens (tertiary/aromatic N) is 1. The minimum absolute atomic E-state index is 0.0664. The van der Waals surface area contributed by atoms with E-state index in [-0.39, 0.29) is 5.75 Å². The average Bonchev–Trinajstić information content (AvgIpc) is 3.20. The lowest BCUT2D eigenvalue weighted by Gasteiger charge is -2.23. The van der Waals surface area contributed by atoms with Crippen LogP contribution in [0.4, 0.5) is 0 Å². The van der Waals surface area contributed by atoms with Crippen molar-refractivity contribution in [2.45, 2.75) is 31.7 Å². The number of thiophene rings is 1. The average molecular weight is 425 g/mol. The van der Waals surface area contributed by atoms with Crippen molar-refractivity contribution in [3.8, 4) is 0 Å². The third kappa shape index (κ3) is 6.90. The maximum Gasteiger partial charge on any atom is 0.215 e. The van der Waals surface area contributed by atoms with Gasteiger partial charge in [-0.05, 0) is 43.5 Å². The number of sulfonamides is 1. The van der Waals surface area contributed by atoms with Crippen molar-refractivity contribution < 1.29 is 13.5 Å². The molecule has 2 aromatic rings. The van der Waals surface area contributed by atoms with Gasteiger partial charge in [0.15, 0.2) is 5.96 Å². The van der Waals surface area contributed by atoms with Crippen molar-refractivity contribution in [1.29, 1.82) is 0 Å². The number of hydrogen-bond donors (Lipinski definition) is 4. The van der Waals surface area contributed by atoms with Gasteiger partial charge >= 0.3 is 0 Å². The second-order valence-corrected chi connectivity index (χ2v) is 9.46. The molecule has 0 bridgehead atoms. The standard InChI is InChI=1S/C19H28N4O3S2/c1-4-21-18(23-14-19(2,24)17-9-6-10-27-17)22-12-15-7-5-8-16(11-15)13-28(25,26)20-3/h5-11,20,24H,4,12-14H2,1-3H3,(H2,21,22,23). The first-order chi connectivity index (χ1) is 13.3. The van der Waals surface area contributed by atoms with E-state index in [1.54, 1.807) is 13.0 Å². The Labute approximate surface area is 171 Å². The maximum atomic E-state index is 11.7. The van der Waals surface area contributed by atoms with E-state index in [9.17, 15) is 13.5 Å². The second kappa shape index (κ2) is 10.0. The Kier molecular flexibility index (Phi) is 7.99. The molecule has 1 aromatic carbocycles. The molecule has 154 valence electrons. The number of aliphatic imine (C=N–C) groups is 1. The van der Waals surface area contributed by atoms with E-state index in [1.165, 1.54) is 18.4 Å². The van der Waals surface area contributed by atoms with Gasteiger partial charge in [-0.3, -0.25) is 0 Å². The molecule has 1 unspecified atom stereocenters. The van der Waals surface area contributed by atoms with Crippen LogP contribution in [-0.4, -0.2) is 39.6 Å². The minimum Gasteiger partial charge on any atom is -0.383 e. The van der Waals surface area contributed by atoms with E-state index in [2.05, 4.69) is 20.3 Å². The normalized spacial score (nSPS) is 14.5. The number of guanidine groups is 1. The molecule has 1 aromatic heterocycles. The summed E-state index contributed by atoms with van der Waals surface area (Å²) >= 11 is 1.51. The first-order valence-electron chi connectivity index (χ1n) is 9.03. The Hall–Kier alpha value is -1.94. The number of rotatable bonds is 9. The fourth-order valence-electron chi connectivity index (χ4n) is 2.55. The molecule has 1 heterocycles. The fourth-order valence-corrected chi connectivity index (χ4v) is 4.10. The fraction of sp³-hybridized carbons (Fsp3) is 0.421. The van der Waals surface area contributed by atoms with Crippen molar-refractivity contribution in [2.75, 3.05) is 20.1 Å². The van der Waals surface area contributed by atoms with E-state index >= 15 is 0 Å². The van der Waals surface area contributed by atoms with Crippen LogP contribution in [-0.2, 0) is 27.9 Å². The Morgan fingerprint density at radius 1 is 1.21 bits per heavy atom. The lowest BCUT2D eigenvalue weighted by molar-refractivity contribution is 0.0655. The molecular formula is C19H28N4O3S2. The summed E-state index contributed by atoms with van der Waals surface area (Å²) in [5, 5.41) is 18.9. The van der Waals surface area contributed by atoms with E-state index in [4.69, 9.17) is 0 Å². The lowest BCUT2D eigenvalue weighted by Crippen LogP contribution is -2.44. The van der Waals surface area contributed by atoms with Gasteiger partial charge in [0.25, 0.3) is 0 Å². The van der Waals surface area contributed by atoms with Crippen molar-refractivity contribution in [1.82, 2.24) is 15.4 Å².